The molecule has 0 aromatic carbocycles. The first-order valence-corrected chi connectivity index (χ1v) is 12.2. The van der Waals surface area contributed by atoms with Crippen LogP contribution in [0.5, 0.6) is 0 Å². The van der Waals surface area contributed by atoms with Gasteiger partial charge in [-0.2, -0.15) is 31.4 Å². The second kappa shape index (κ2) is 14.1. The molecule has 0 spiro atoms. The number of alkyl halides is 6. The monoisotopic (exact) mass is 581 g/mol. The average Bonchev–Trinajstić information content (AvgIpc) is 3.36. The first-order valence-electron chi connectivity index (χ1n) is 12.2. The molecular weight excluding hydrogens is 552 g/mol. The SMILES string of the molecule is Cc1cncc(C(=O)N2Cc3ccnn3C(CCN3CCCCC3)C2)c1.O=C(O)C(F)(F)F.O=C(O)C(F)(F)F. The van der Waals surface area contributed by atoms with E-state index in [1.807, 2.05) is 30.2 Å². The van der Waals surface area contributed by atoms with Crippen LogP contribution in [0, 0.1) is 6.92 Å². The van der Waals surface area contributed by atoms with Crippen LogP contribution in [0.2, 0.25) is 0 Å². The Hall–Kier alpha value is -3.69. The number of fused-ring (bicyclic) bond motifs is 1. The lowest BCUT2D eigenvalue weighted by atomic mass is 10.1. The van der Waals surface area contributed by atoms with Crippen LogP contribution >= 0.6 is 0 Å². The van der Waals surface area contributed by atoms with Crippen LogP contribution in [0.25, 0.3) is 0 Å². The Labute approximate surface area is 225 Å². The number of hydrogen-bond acceptors (Lipinski definition) is 6. The van der Waals surface area contributed by atoms with Crippen LogP contribution in [0.15, 0.2) is 30.7 Å². The molecule has 0 saturated carbocycles. The zero-order valence-corrected chi connectivity index (χ0v) is 21.5. The van der Waals surface area contributed by atoms with E-state index in [0.717, 1.165) is 30.8 Å². The summed E-state index contributed by atoms with van der Waals surface area (Å²) in [5.74, 6) is -5.45. The number of aliphatic carboxylic acids is 2. The zero-order valence-electron chi connectivity index (χ0n) is 21.5. The minimum atomic E-state index is -5.08. The molecule has 4 rings (SSSR count). The fourth-order valence-corrected chi connectivity index (χ4v) is 4.12. The number of nitrogens with zero attached hydrogens (tertiary/aromatic N) is 5. The van der Waals surface area contributed by atoms with Crippen molar-refractivity contribution in [1.29, 1.82) is 0 Å². The predicted octanol–water partition coefficient (Wildman–Crippen LogP) is 3.93. The molecule has 2 aromatic heterocycles. The maximum Gasteiger partial charge on any atom is 0.490 e. The number of carboxylic acids is 2. The summed E-state index contributed by atoms with van der Waals surface area (Å²) in [6.45, 7) is 6.79. The zero-order chi connectivity index (χ0) is 30.1. The first-order chi connectivity index (χ1) is 18.6. The van der Waals surface area contributed by atoms with Gasteiger partial charge in [0.05, 0.1) is 23.8 Å². The molecule has 1 fully saturated rings. The lowest BCUT2D eigenvalue weighted by molar-refractivity contribution is -0.193. The third-order valence-electron chi connectivity index (χ3n) is 6.00. The van der Waals surface area contributed by atoms with E-state index >= 15 is 0 Å². The fraction of sp³-hybridized carbons (Fsp3) is 0.542. The lowest BCUT2D eigenvalue weighted by Gasteiger charge is -2.35. The third-order valence-corrected chi connectivity index (χ3v) is 6.00. The maximum atomic E-state index is 13.0. The molecule has 2 N–H and O–H groups in total. The molecule has 1 atom stereocenters. The highest BCUT2D eigenvalue weighted by atomic mass is 19.4. The van der Waals surface area contributed by atoms with Gasteiger partial charge in [0.25, 0.3) is 5.91 Å². The molecule has 0 bridgehead atoms. The Bertz CT molecular complexity index is 1120. The molecule has 222 valence electrons. The van der Waals surface area contributed by atoms with Crippen molar-refractivity contribution in [3.8, 4) is 0 Å². The van der Waals surface area contributed by atoms with Gasteiger partial charge in [0.1, 0.15) is 0 Å². The molecule has 0 aliphatic carbocycles. The van der Waals surface area contributed by atoms with Gasteiger partial charge in [-0.15, -0.1) is 0 Å². The molecule has 10 nitrogen and oxygen atoms in total. The highest BCUT2D eigenvalue weighted by molar-refractivity contribution is 5.94. The van der Waals surface area contributed by atoms with E-state index in [0.29, 0.717) is 12.1 Å². The quantitative estimate of drug-likeness (QED) is 0.520. The van der Waals surface area contributed by atoms with Gasteiger partial charge in [-0.1, -0.05) is 6.42 Å². The Balaban J connectivity index is 0.000000333. The summed E-state index contributed by atoms with van der Waals surface area (Å²) in [5.41, 5.74) is 2.81. The number of carbonyl (C=O) groups excluding carboxylic acids is 1. The number of rotatable bonds is 4. The standard InChI is InChI=1S/C20H27N5O.2C2HF3O2/c1-16-11-17(13-21-12-16)20(26)24-14-18-5-7-22-25(18)19(15-24)6-10-23-8-3-2-4-9-23;2*3-2(4,5)1(6)7/h5,7,11-13,19H,2-4,6,8-10,14-15H2,1H3;2*(H,6,7). The Morgan fingerprint density at radius 1 is 0.975 bits per heavy atom. The van der Waals surface area contributed by atoms with Crippen LogP contribution in [0.3, 0.4) is 0 Å². The van der Waals surface area contributed by atoms with Crippen LogP contribution < -0.4 is 0 Å². The van der Waals surface area contributed by atoms with Crippen LogP contribution in [-0.4, -0.2) is 91.2 Å². The van der Waals surface area contributed by atoms with Crippen LogP contribution in [0.4, 0.5) is 26.3 Å². The Kier molecular flexibility index (Phi) is 11.5. The van der Waals surface area contributed by atoms with Crippen molar-refractivity contribution in [3.05, 3.63) is 47.5 Å². The van der Waals surface area contributed by atoms with Gasteiger partial charge in [0, 0.05) is 31.7 Å². The van der Waals surface area contributed by atoms with Gasteiger partial charge in [-0.25, -0.2) is 9.59 Å². The van der Waals surface area contributed by atoms with Crippen molar-refractivity contribution in [3.63, 3.8) is 0 Å². The second-order valence-electron chi connectivity index (χ2n) is 9.15. The smallest absolute Gasteiger partial charge is 0.475 e. The molecule has 40 heavy (non-hydrogen) atoms. The maximum absolute atomic E-state index is 13.0. The number of hydrogen-bond donors (Lipinski definition) is 2. The minimum absolute atomic E-state index is 0.0663. The number of amides is 1. The molecule has 4 heterocycles. The van der Waals surface area contributed by atoms with Crippen LogP contribution in [-0.2, 0) is 16.1 Å². The highest BCUT2D eigenvalue weighted by Gasteiger charge is 2.39. The summed E-state index contributed by atoms with van der Waals surface area (Å²) < 4.78 is 65.6. The van der Waals surface area contributed by atoms with Crippen LogP contribution in [0.1, 0.15) is 53.3 Å². The molecule has 2 aromatic rings. The normalized spacial score (nSPS) is 17.5. The van der Waals surface area contributed by atoms with Crippen molar-refractivity contribution in [2.45, 2.75) is 57.5 Å². The molecule has 1 saturated heterocycles. The van der Waals surface area contributed by atoms with E-state index in [4.69, 9.17) is 19.8 Å². The molecule has 1 unspecified atom stereocenters. The van der Waals surface area contributed by atoms with Gasteiger partial charge in [-0.3, -0.25) is 14.5 Å². The molecule has 16 heteroatoms. The largest absolute Gasteiger partial charge is 0.490 e. The third kappa shape index (κ3) is 10.1. The Morgan fingerprint density at radius 3 is 2.08 bits per heavy atom. The van der Waals surface area contributed by atoms with Crippen molar-refractivity contribution >= 4 is 17.8 Å². The van der Waals surface area contributed by atoms with E-state index in [1.54, 1.807) is 12.4 Å². The van der Waals surface area contributed by atoms with Gasteiger partial charge in [-0.05, 0) is 57.0 Å². The number of halogens is 6. The Morgan fingerprint density at radius 2 is 1.55 bits per heavy atom. The van der Waals surface area contributed by atoms with Gasteiger partial charge < -0.3 is 20.0 Å². The number of carbonyl (C=O) groups is 3. The topological polar surface area (TPSA) is 129 Å². The van der Waals surface area contributed by atoms with E-state index in [2.05, 4.69) is 19.7 Å². The molecule has 2 aliphatic heterocycles. The number of aryl methyl sites for hydroxylation is 1. The lowest BCUT2D eigenvalue weighted by Crippen LogP contribution is -2.42. The highest BCUT2D eigenvalue weighted by Crippen LogP contribution is 2.25. The van der Waals surface area contributed by atoms with Gasteiger partial charge in [0.2, 0.25) is 0 Å². The summed E-state index contributed by atoms with van der Waals surface area (Å²) in [7, 11) is 0. The summed E-state index contributed by atoms with van der Waals surface area (Å²) in [5, 5.41) is 18.8. The molecule has 1 amide bonds. The summed E-state index contributed by atoms with van der Waals surface area (Å²) in [6, 6.07) is 4.20. The van der Waals surface area contributed by atoms with E-state index < -0.39 is 24.3 Å². The number of carboxylic acid groups (broad SMARTS) is 2. The van der Waals surface area contributed by atoms with Gasteiger partial charge in [0.15, 0.2) is 0 Å². The number of pyridine rings is 1. The van der Waals surface area contributed by atoms with Crippen molar-refractivity contribution in [2.75, 3.05) is 26.2 Å². The van der Waals surface area contributed by atoms with E-state index in [9.17, 15) is 31.1 Å². The van der Waals surface area contributed by atoms with Crippen molar-refractivity contribution in [2.24, 2.45) is 0 Å². The molecule has 2 aliphatic rings. The van der Waals surface area contributed by atoms with E-state index in [1.165, 1.54) is 32.4 Å². The average molecular weight is 582 g/mol. The van der Waals surface area contributed by atoms with Crippen molar-refractivity contribution in [1.82, 2.24) is 24.6 Å². The van der Waals surface area contributed by atoms with Crippen molar-refractivity contribution < 1.29 is 50.9 Å². The molecular formula is C24H29F6N5O5. The fourth-order valence-electron chi connectivity index (χ4n) is 4.12. The number of piperidine rings is 1. The molecule has 0 radical (unpaired) electrons. The second-order valence-corrected chi connectivity index (χ2v) is 9.15. The first kappa shape index (κ1) is 32.5. The number of aromatic nitrogens is 3. The van der Waals surface area contributed by atoms with E-state index in [-0.39, 0.29) is 11.9 Å². The number of likely N-dealkylation sites (tertiary alicyclic amines) is 1. The predicted molar refractivity (Wildman–Crippen MR) is 127 cm³/mol. The van der Waals surface area contributed by atoms with Gasteiger partial charge >= 0.3 is 24.3 Å². The minimum Gasteiger partial charge on any atom is -0.475 e. The summed E-state index contributed by atoms with van der Waals surface area (Å²) in [6.07, 6.45) is 0.144. The summed E-state index contributed by atoms with van der Waals surface area (Å²) >= 11 is 0. The summed E-state index contributed by atoms with van der Waals surface area (Å²) in [4.78, 5) is 39.5.